The van der Waals surface area contributed by atoms with Gasteiger partial charge in [-0.2, -0.15) is 0 Å². The number of pyridine rings is 1. The molecule has 0 saturated carbocycles. The SMILES string of the molecule is O=c1n(-c2ccccc2)c2cc3c(cc2n1-c1cccc(-c2ncc[nH]2)c1)n(-c1ccccn1)c(=O)n3-c1ccccc1. The summed E-state index contributed by atoms with van der Waals surface area (Å²) in [7, 11) is 0. The van der Waals surface area contributed by atoms with E-state index in [1.807, 2.05) is 109 Å². The van der Waals surface area contributed by atoms with E-state index in [-0.39, 0.29) is 11.4 Å². The van der Waals surface area contributed by atoms with Crippen LogP contribution in [-0.2, 0) is 0 Å². The van der Waals surface area contributed by atoms with Crippen LogP contribution in [0.4, 0.5) is 0 Å². The summed E-state index contributed by atoms with van der Waals surface area (Å²) >= 11 is 0. The van der Waals surface area contributed by atoms with Gasteiger partial charge >= 0.3 is 11.4 Å². The maximum absolute atomic E-state index is 14.4. The lowest BCUT2D eigenvalue weighted by Crippen LogP contribution is -2.23. The molecule has 0 aliphatic carbocycles. The predicted molar refractivity (Wildman–Crippen MR) is 167 cm³/mol. The van der Waals surface area contributed by atoms with Gasteiger partial charge in [0.25, 0.3) is 0 Å². The standard InChI is InChI=1S/C34H23N7O2/c42-33-38(24-11-3-1-4-12-24)27-21-29-30(22-28(27)40(33)26-15-9-10-23(20-26)32-36-18-19-37-32)41(31-16-7-8-17-35-31)34(43)39(29)25-13-5-2-6-14-25/h1-22H,(H,36,37). The van der Waals surface area contributed by atoms with E-state index in [9.17, 15) is 9.59 Å². The van der Waals surface area contributed by atoms with E-state index >= 15 is 0 Å². The Hall–Kier alpha value is -6.22. The minimum Gasteiger partial charge on any atom is -0.345 e. The quantitative estimate of drug-likeness (QED) is 0.293. The van der Waals surface area contributed by atoms with Crippen LogP contribution in [0.1, 0.15) is 0 Å². The fourth-order valence-electron chi connectivity index (χ4n) is 5.71. The Balaban J connectivity index is 1.52. The van der Waals surface area contributed by atoms with E-state index in [0.717, 1.165) is 11.3 Å². The molecule has 43 heavy (non-hydrogen) atoms. The second kappa shape index (κ2) is 9.71. The summed E-state index contributed by atoms with van der Waals surface area (Å²) in [6, 6.07) is 36.0. The van der Waals surface area contributed by atoms with Gasteiger partial charge < -0.3 is 4.98 Å². The fourth-order valence-corrected chi connectivity index (χ4v) is 5.71. The van der Waals surface area contributed by atoms with Gasteiger partial charge in [-0.3, -0.25) is 13.7 Å². The van der Waals surface area contributed by atoms with Crippen LogP contribution < -0.4 is 11.4 Å². The third-order valence-electron chi connectivity index (χ3n) is 7.58. The van der Waals surface area contributed by atoms with E-state index in [2.05, 4.69) is 15.0 Å². The van der Waals surface area contributed by atoms with Crippen molar-refractivity contribution in [1.82, 2.24) is 33.2 Å². The Labute approximate surface area is 244 Å². The smallest absolute Gasteiger partial charge is 0.339 e. The highest BCUT2D eigenvalue weighted by molar-refractivity contribution is 5.95. The maximum Gasteiger partial charge on any atom is 0.339 e. The second-order valence-corrected chi connectivity index (χ2v) is 10.1. The van der Waals surface area contributed by atoms with Crippen molar-refractivity contribution in [3.05, 3.63) is 155 Å². The minimum atomic E-state index is -0.257. The molecule has 0 amide bonds. The number of benzene rings is 4. The van der Waals surface area contributed by atoms with Crippen molar-refractivity contribution in [2.24, 2.45) is 0 Å². The number of aromatic nitrogens is 7. The molecule has 0 aliphatic rings. The maximum atomic E-state index is 14.4. The lowest BCUT2D eigenvalue weighted by atomic mass is 10.2. The summed E-state index contributed by atoms with van der Waals surface area (Å²) in [6.45, 7) is 0. The number of nitrogens with zero attached hydrogens (tertiary/aromatic N) is 6. The zero-order valence-electron chi connectivity index (χ0n) is 22.7. The summed E-state index contributed by atoms with van der Waals surface area (Å²) in [5.41, 5.74) is 5.05. The van der Waals surface area contributed by atoms with E-state index in [1.54, 1.807) is 42.9 Å². The van der Waals surface area contributed by atoms with Crippen LogP contribution in [0.25, 0.3) is 56.3 Å². The van der Waals surface area contributed by atoms with Gasteiger partial charge in [-0.05, 0) is 60.7 Å². The van der Waals surface area contributed by atoms with Gasteiger partial charge in [0.05, 0.1) is 39.1 Å². The van der Waals surface area contributed by atoms with Crippen LogP contribution in [0, 0.1) is 0 Å². The van der Waals surface area contributed by atoms with Crippen molar-refractivity contribution in [1.29, 1.82) is 0 Å². The number of hydrogen-bond donors (Lipinski definition) is 1. The first-order chi connectivity index (χ1) is 21.2. The molecule has 4 aromatic heterocycles. The molecule has 0 aliphatic heterocycles. The Bertz CT molecular complexity index is 2370. The summed E-state index contributed by atoms with van der Waals surface area (Å²) in [6.07, 6.45) is 5.12. The molecular formula is C34H23N7O2. The first-order valence-electron chi connectivity index (χ1n) is 13.8. The van der Waals surface area contributed by atoms with Crippen molar-refractivity contribution in [3.63, 3.8) is 0 Å². The van der Waals surface area contributed by atoms with Crippen LogP contribution in [0.15, 0.2) is 143 Å². The molecule has 0 fully saturated rings. The van der Waals surface area contributed by atoms with Gasteiger partial charge in [0.15, 0.2) is 0 Å². The summed E-state index contributed by atoms with van der Waals surface area (Å²) < 4.78 is 6.63. The molecular weight excluding hydrogens is 538 g/mol. The van der Waals surface area contributed by atoms with Gasteiger partial charge in [-0.25, -0.2) is 24.1 Å². The van der Waals surface area contributed by atoms with Crippen molar-refractivity contribution in [3.8, 4) is 34.3 Å². The molecule has 4 aromatic carbocycles. The molecule has 0 bridgehead atoms. The lowest BCUT2D eigenvalue weighted by molar-refractivity contribution is 0.903. The monoisotopic (exact) mass is 561 g/mol. The molecule has 0 saturated heterocycles. The highest BCUT2D eigenvalue weighted by Gasteiger charge is 2.23. The van der Waals surface area contributed by atoms with E-state index in [4.69, 9.17) is 0 Å². The number of imidazole rings is 3. The normalized spacial score (nSPS) is 11.4. The number of para-hydroxylation sites is 2. The van der Waals surface area contributed by atoms with Crippen molar-refractivity contribution < 1.29 is 0 Å². The second-order valence-electron chi connectivity index (χ2n) is 10.1. The average Bonchev–Trinajstić information content (AvgIpc) is 3.76. The number of H-pyrrole nitrogens is 1. The highest BCUT2D eigenvalue weighted by atomic mass is 16.2. The molecule has 0 spiro atoms. The zero-order chi connectivity index (χ0) is 28.9. The van der Waals surface area contributed by atoms with Crippen molar-refractivity contribution in [2.75, 3.05) is 0 Å². The summed E-state index contributed by atoms with van der Waals surface area (Å²) in [5, 5.41) is 0. The number of aromatic amines is 1. The Kier molecular flexibility index (Phi) is 5.54. The van der Waals surface area contributed by atoms with Crippen molar-refractivity contribution in [2.45, 2.75) is 0 Å². The van der Waals surface area contributed by atoms with Gasteiger partial charge in [-0.1, -0.05) is 54.6 Å². The van der Waals surface area contributed by atoms with Gasteiger partial charge in [-0.15, -0.1) is 0 Å². The molecule has 8 rings (SSSR count). The number of rotatable bonds is 5. The van der Waals surface area contributed by atoms with E-state index < -0.39 is 0 Å². The number of nitrogens with one attached hydrogen (secondary N) is 1. The summed E-state index contributed by atoms with van der Waals surface area (Å²) in [4.78, 5) is 40.6. The molecule has 8 aromatic rings. The van der Waals surface area contributed by atoms with Gasteiger partial charge in [0, 0.05) is 24.2 Å². The molecule has 0 unspecified atom stereocenters. The molecule has 4 heterocycles. The third kappa shape index (κ3) is 3.86. The Morgan fingerprint density at radius 2 is 1.05 bits per heavy atom. The largest absolute Gasteiger partial charge is 0.345 e. The van der Waals surface area contributed by atoms with Gasteiger partial charge in [0.1, 0.15) is 11.6 Å². The number of hydrogen-bond acceptors (Lipinski definition) is 4. The Morgan fingerprint density at radius 3 is 1.63 bits per heavy atom. The lowest BCUT2D eigenvalue weighted by Gasteiger charge is -2.07. The van der Waals surface area contributed by atoms with E-state index in [0.29, 0.717) is 45.1 Å². The van der Waals surface area contributed by atoms with Gasteiger partial charge in [0.2, 0.25) is 0 Å². The van der Waals surface area contributed by atoms with Crippen LogP contribution in [0.5, 0.6) is 0 Å². The molecule has 9 heteroatoms. The topological polar surface area (TPSA) is 95.4 Å². The molecule has 0 radical (unpaired) electrons. The molecule has 1 N–H and O–H groups in total. The van der Waals surface area contributed by atoms with Crippen LogP contribution in [0.3, 0.4) is 0 Å². The van der Waals surface area contributed by atoms with Crippen molar-refractivity contribution >= 4 is 22.1 Å². The predicted octanol–water partition coefficient (Wildman–Crippen LogP) is 5.66. The zero-order valence-corrected chi connectivity index (χ0v) is 22.7. The first kappa shape index (κ1) is 24.6. The summed E-state index contributed by atoms with van der Waals surface area (Å²) in [5.74, 6) is 1.19. The molecule has 0 atom stereocenters. The molecule has 206 valence electrons. The van der Waals surface area contributed by atoms with Crippen LogP contribution in [0.2, 0.25) is 0 Å². The third-order valence-corrected chi connectivity index (χ3v) is 7.58. The van der Waals surface area contributed by atoms with Crippen LogP contribution in [-0.4, -0.2) is 33.2 Å². The Morgan fingerprint density at radius 1 is 0.488 bits per heavy atom. The first-order valence-corrected chi connectivity index (χ1v) is 13.8. The molecule has 9 nitrogen and oxygen atoms in total. The minimum absolute atomic E-state index is 0.233. The highest BCUT2D eigenvalue weighted by Crippen LogP contribution is 2.29. The average molecular weight is 562 g/mol. The van der Waals surface area contributed by atoms with Crippen LogP contribution >= 0.6 is 0 Å². The van der Waals surface area contributed by atoms with E-state index in [1.165, 1.54) is 0 Å². The number of fused-ring (bicyclic) bond motifs is 2. The fraction of sp³-hybridized carbons (Fsp3) is 0.